The second-order valence-corrected chi connectivity index (χ2v) is 4.33. The first-order valence-electron chi connectivity index (χ1n) is 2.73. The van der Waals surface area contributed by atoms with Crippen molar-refractivity contribution < 1.29 is 0 Å². The molecule has 0 saturated heterocycles. The zero-order valence-corrected chi connectivity index (χ0v) is 9.79. The summed E-state index contributed by atoms with van der Waals surface area (Å²) < 4.78 is 2.23. The highest BCUT2D eigenvalue weighted by atomic mass is 127. The van der Waals surface area contributed by atoms with E-state index in [1.807, 2.05) is 19.1 Å². The van der Waals surface area contributed by atoms with Crippen molar-refractivity contribution >= 4 is 50.1 Å². The fourth-order valence-electron chi connectivity index (χ4n) is 0.628. The van der Waals surface area contributed by atoms with E-state index in [0.29, 0.717) is 0 Å². The summed E-state index contributed by atoms with van der Waals surface area (Å²) in [7, 11) is 0. The van der Waals surface area contributed by atoms with Crippen molar-refractivity contribution in [2.45, 2.75) is 6.92 Å². The minimum atomic E-state index is 0.776. The van der Waals surface area contributed by atoms with Crippen molar-refractivity contribution in [3.8, 4) is 0 Å². The molecular weight excluding hydrogens is 326 g/mol. The first-order chi connectivity index (χ1) is 4.63. The molecular formula is C7H5BrClI. The molecule has 10 heavy (non-hydrogen) atoms. The Kier molecular flexibility index (Phi) is 3.01. The summed E-state index contributed by atoms with van der Waals surface area (Å²) in [6, 6.07) is 3.89. The topological polar surface area (TPSA) is 0 Å². The molecule has 0 aromatic heterocycles. The van der Waals surface area contributed by atoms with Crippen molar-refractivity contribution in [3.63, 3.8) is 0 Å². The molecule has 3 heteroatoms. The van der Waals surface area contributed by atoms with E-state index in [2.05, 4.69) is 38.5 Å². The number of hydrogen-bond donors (Lipinski definition) is 0. The number of rotatable bonds is 0. The molecule has 54 valence electrons. The van der Waals surface area contributed by atoms with Gasteiger partial charge in [0, 0.05) is 8.04 Å². The summed E-state index contributed by atoms with van der Waals surface area (Å²) in [6.45, 7) is 2.04. The lowest BCUT2D eigenvalue weighted by Crippen LogP contribution is -1.81. The Morgan fingerprint density at radius 3 is 2.60 bits per heavy atom. The van der Waals surface area contributed by atoms with Crippen LogP contribution in [0.1, 0.15) is 5.56 Å². The molecule has 1 aromatic rings. The van der Waals surface area contributed by atoms with E-state index >= 15 is 0 Å². The zero-order chi connectivity index (χ0) is 7.72. The van der Waals surface area contributed by atoms with Crippen LogP contribution in [0.3, 0.4) is 0 Å². The molecule has 0 unspecified atom stereocenters. The quantitative estimate of drug-likeness (QED) is 0.498. The van der Waals surface area contributed by atoms with Gasteiger partial charge in [-0.15, -0.1) is 0 Å². The van der Waals surface area contributed by atoms with Gasteiger partial charge in [-0.3, -0.25) is 0 Å². The highest BCUT2D eigenvalue weighted by Crippen LogP contribution is 2.28. The van der Waals surface area contributed by atoms with E-state index in [1.54, 1.807) is 0 Å². The summed E-state index contributed by atoms with van der Waals surface area (Å²) >= 11 is 11.5. The summed E-state index contributed by atoms with van der Waals surface area (Å²) in [5, 5.41) is 0.776. The lowest BCUT2D eigenvalue weighted by Gasteiger charge is -2.01. The minimum absolute atomic E-state index is 0.776. The second kappa shape index (κ2) is 3.41. The monoisotopic (exact) mass is 330 g/mol. The average Bonchev–Trinajstić information content (AvgIpc) is 1.93. The van der Waals surface area contributed by atoms with Crippen molar-refractivity contribution in [2.75, 3.05) is 0 Å². The maximum Gasteiger partial charge on any atom is 0.0551 e. The van der Waals surface area contributed by atoms with Gasteiger partial charge in [0.25, 0.3) is 0 Å². The Morgan fingerprint density at radius 2 is 2.10 bits per heavy atom. The van der Waals surface area contributed by atoms with Crippen molar-refractivity contribution in [2.24, 2.45) is 0 Å². The Bertz CT molecular complexity index is 233. The predicted octanol–water partition coefficient (Wildman–Crippen LogP) is 4.02. The van der Waals surface area contributed by atoms with Crippen LogP contribution in [-0.4, -0.2) is 0 Å². The summed E-state index contributed by atoms with van der Waals surface area (Å²) in [6.07, 6.45) is 0. The van der Waals surface area contributed by atoms with Crippen molar-refractivity contribution in [1.29, 1.82) is 0 Å². The van der Waals surface area contributed by atoms with Gasteiger partial charge in [0.2, 0.25) is 0 Å². The van der Waals surface area contributed by atoms with Gasteiger partial charge in [-0.2, -0.15) is 0 Å². The molecule has 0 fully saturated rings. The molecule has 0 N–H and O–H groups in total. The normalized spacial score (nSPS) is 10.0. The molecule has 0 saturated carbocycles. The Balaban J connectivity index is 3.34. The summed E-state index contributed by atoms with van der Waals surface area (Å²) in [5.41, 5.74) is 1.20. The van der Waals surface area contributed by atoms with E-state index in [0.717, 1.165) is 9.50 Å². The fourth-order valence-corrected chi connectivity index (χ4v) is 2.00. The van der Waals surface area contributed by atoms with Crippen LogP contribution in [-0.2, 0) is 0 Å². The maximum absolute atomic E-state index is 5.84. The van der Waals surface area contributed by atoms with E-state index in [1.165, 1.54) is 9.13 Å². The molecule has 1 aromatic carbocycles. The minimum Gasteiger partial charge on any atom is -0.0831 e. The lowest BCUT2D eigenvalue weighted by atomic mass is 10.2. The largest absolute Gasteiger partial charge is 0.0831 e. The molecule has 0 amide bonds. The third-order valence-corrected chi connectivity index (χ3v) is 4.01. The van der Waals surface area contributed by atoms with Crippen LogP contribution < -0.4 is 0 Å². The highest BCUT2D eigenvalue weighted by molar-refractivity contribution is 14.1. The predicted molar refractivity (Wildman–Crippen MR) is 56.6 cm³/mol. The standard InChI is InChI=1S/C7H5BrClI/c1-4-6(10)3-2-5(9)7(4)8/h2-3H,1H3. The summed E-state index contributed by atoms with van der Waals surface area (Å²) in [4.78, 5) is 0. The van der Waals surface area contributed by atoms with Crippen molar-refractivity contribution in [1.82, 2.24) is 0 Å². The molecule has 1 rings (SSSR count). The molecule has 0 atom stereocenters. The first kappa shape index (κ1) is 8.81. The van der Waals surface area contributed by atoms with E-state index in [-0.39, 0.29) is 0 Å². The SMILES string of the molecule is Cc1c(I)ccc(Cl)c1Br. The van der Waals surface area contributed by atoms with Crippen LogP contribution in [0.2, 0.25) is 5.02 Å². The van der Waals surface area contributed by atoms with Crippen LogP contribution in [0.5, 0.6) is 0 Å². The smallest absolute Gasteiger partial charge is 0.0551 e. The van der Waals surface area contributed by atoms with Gasteiger partial charge in [-0.1, -0.05) is 11.6 Å². The Hall–Kier alpha value is 0.720. The zero-order valence-electron chi connectivity index (χ0n) is 5.29. The van der Waals surface area contributed by atoms with Crippen molar-refractivity contribution in [3.05, 3.63) is 30.8 Å². The second-order valence-electron chi connectivity index (χ2n) is 1.97. The molecule has 0 aliphatic heterocycles. The Morgan fingerprint density at radius 1 is 1.50 bits per heavy atom. The van der Waals surface area contributed by atoms with Crippen LogP contribution in [0.4, 0.5) is 0 Å². The third kappa shape index (κ3) is 1.66. The molecule has 0 aliphatic carbocycles. The fraction of sp³-hybridized carbons (Fsp3) is 0.143. The number of halogens is 3. The van der Waals surface area contributed by atoms with E-state index < -0.39 is 0 Å². The molecule has 0 radical (unpaired) electrons. The van der Waals surface area contributed by atoms with Gasteiger partial charge >= 0.3 is 0 Å². The first-order valence-corrected chi connectivity index (χ1v) is 4.98. The van der Waals surface area contributed by atoms with Gasteiger partial charge in [-0.25, -0.2) is 0 Å². The van der Waals surface area contributed by atoms with Crippen LogP contribution in [0.25, 0.3) is 0 Å². The molecule has 0 aliphatic rings. The van der Waals surface area contributed by atoms with Gasteiger partial charge in [0.1, 0.15) is 0 Å². The molecule has 0 heterocycles. The van der Waals surface area contributed by atoms with E-state index in [4.69, 9.17) is 11.6 Å². The van der Waals surface area contributed by atoms with Crippen LogP contribution in [0.15, 0.2) is 16.6 Å². The summed E-state index contributed by atoms with van der Waals surface area (Å²) in [5.74, 6) is 0. The number of benzene rings is 1. The van der Waals surface area contributed by atoms with E-state index in [9.17, 15) is 0 Å². The van der Waals surface area contributed by atoms with Crippen LogP contribution in [0, 0.1) is 10.5 Å². The highest BCUT2D eigenvalue weighted by Gasteiger charge is 2.02. The Labute approximate surface area is 87.2 Å². The van der Waals surface area contributed by atoms with Gasteiger partial charge in [0.05, 0.1) is 5.02 Å². The maximum atomic E-state index is 5.84. The number of hydrogen-bond acceptors (Lipinski definition) is 0. The van der Waals surface area contributed by atoms with Crippen LogP contribution >= 0.6 is 50.1 Å². The lowest BCUT2D eigenvalue weighted by molar-refractivity contribution is 1.39. The average molecular weight is 331 g/mol. The van der Waals surface area contributed by atoms with Gasteiger partial charge in [0.15, 0.2) is 0 Å². The molecule has 0 spiro atoms. The van der Waals surface area contributed by atoms with Gasteiger partial charge < -0.3 is 0 Å². The molecule has 0 nitrogen and oxygen atoms in total. The van der Waals surface area contributed by atoms with Gasteiger partial charge in [-0.05, 0) is 63.1 Å². The third-order valence-electron chi connectivity index (χ3n) is 1.27. The molecule has 0 bridgehead atoms.